The molecule has 0 amide bonds. The van der Waals surface area contributed by atoms with Gasteiger partial charge in [0.05, 0.1) is 13.0 Å². The SMILES string of the molecule is CCOC(=O)CC1C=C(O)NC(O)N1. The van der Waals surface area contributed by atoms with Crippen molar-refractivity contribution in [3.8, 4) is 0 Å². The minimum atomic E-state index is -1.04. The average molecular weight is 202 g/mol. The molecule has 0 spiro atoms. The second-order valence-corrected chi connectivity index (χ2v) is 2.88. The minimum Gasteiger partial charge on any atom is -0.495 e. The van der Waals surface area contributed by atoms with Crippen LogP contribution in [0.5, 0.6) is 0 Å². The van der Waals surface area contributed by atoms with Crippen LogP contribution in [0.1, 0.15) is 13.3 Å². The highest BCUT2D eigenvalue weighted by Crippen LogP contribution is 2.04. The van der Waals surface area contributed by atoms with E-state index in [0.29, 0.717) is 6.61 Å². The first-order valence-electron chi connectivity index (χ1n) is 4.39. The molecule has 1 heterocycles. The fourth-order valence-corrected chi connectivity index (χ4v) is 1.19. The van der Waals surface area contributed by atoms with E-state index in [1.54, 1.807) is 6.92 Å². The summed E-state index contributed by atoms with van der Waals surface area (Å²) in [5, 5.41) is 23.2. The monoisotopic (exact) mass is 202 g/mol. The molecule has 0 aromatic carbocycles. The third-order valence-electron chi connectivity index (χ3n) is 1.71. The van der Waals surface area contributed by atoms with E-state index in [0.717, 1.165) is 0 Å². The van der Waals surface area contributed by atoms with Gasteiger partial charge in [-0.05, 0) is 13.0 Å². The molecule has 14 heavy (non-hydrogen) atoms. The van der Waals surface area contributed by atoms with Gasteiger partial charge in [-0.3, -0.25) is 10.1 Å². The molecule has 0 saturated heterocycles. The molecule has 1 aliphatic heterocycles. The average Bonchev–Trinajstić information content (AvgIpc) is 2.01. The van der Waals surface area contributed by atoms with Gasteiger partial charge in [0.15, 0.2) is 12.2 Å². The molecule has 0 radical (unpaired) electrons. The van der Waals surface area contributed by atoms with Crippen LogP contribution in [0, 0.1) is 0 Å². The first-order chi connectivity index (χ1) is 6.61. The Kier molecular flexibility index (Phi) is 3.73. The summed E-state index contributed by atoms with van der Waals surface area (Å²) in [5.74, 6) is -0.520. The summed E-state index contributed by atoms with van der Waals surface area (Å²) >= 11 is 0. The fourth-order valence-electron chi connectivity index (χ4n) is 1.19. The Labute approximate surface area is 81.6 Å². The van der Waals surface area contributed by atoms with Crippen LogP contribution in [0.15, 0.2) is 12.0 Å². The first kappa shape index (κ1) is 10.8. The predicted octanol–water partition coefficient (Wildman–Crippen LogP) is -0.824. The van der Waals surface area contributed by atoms with Crippen molar-refractivity contribution in [1.82, 2.24) is 10.6 Å². The van der Waals surface area contributed by atoms with Crippen molar-refractivity contribution in [3.63, 3.8) is 0 Å². The van der Waals surface area contributed by atoms with Gasteiger partial charge in [0.25, 0.3) is 0 Å². The van der Waals surface area contributed by atoms with E-state index >= 15 is 0 Å². The van der Waals surface area contributed by atoms with Gasteiger partial charge in [-0.1, -0.05) is 0 Å². The van der Waals surface area contributed by atoms with Crippen LogP contribution in [-0.4, -0.2) is 35.2 Å². The van der Waals surface area contributed by atoms with Gasteiger partial charge in [0.2, 0.25) is 0 Å². The maximum Gasteiger partial charge on any atom is 0.307 e. The standard InChI is InChI=1S/C8H14N2O4/c1-2-14-7(12)4-5-3-6(11)10-8(13)9-5/h3,5,8-11,13H,2,4H2,1H3. The van der Waals surface area contributed by atoms with E-state index in [2.05, 4.69) is 10.6 Å². The maximum atomic E-state index is 11.0. The highest BCUT2D eigenvalue weighted by Gasteiger charge is 2.21. The van der Waals surface area contributed by atoms with Crippen LogP contribution in [0.2, 0.25) is 0 Å². The summed E-state index contributed by atoms with van der Waals surface area (Å²) in [5.41, 5.74) is 0. The number of rotatable bonds is 3. The molecular weight excluding hydrogens is 188 g/mol. The zero-order chi connectivity index (χ0) is 10.6. The van der Waals surface area contributed by atoms with Gasteiger partial charge in [-0.15, -0.1) is 0 Å². The Morgan fingerprint density at radius 3 is 3.00 bits per heavy atom. The predicted molar refractivity (Wildman–Crippen MR) is 48.0 cm³/mol. The quantitative estimate of drug-likeness (QED) is 0.447. The largest absolute Gasteiger partial charge is 0.495 e. The van der Waals surface area contributed by atoms with Crippen molar-refractivity contribution in [2.45, 2.75) is 25.7 Å². The summed E-state index contributed by atoms with van der Waals surface area (Å²) in [7, 11) is 0. The maximum absolute atomic E-state index is 11.0. The molecule has 0 fully saturated rings. The van der Waals surface area contributed by atoms with Gasteiger partial charge in [-0.2, -0.15) is 0 Å². The smallest absolute Gasteiger partial charge is 0.307 e. The van der Waals surface area contributed by atoms with Crippen LogP contribution in [0.25, 0.3) is 0 Å². The number of ether oxygens (including phenoxy) is 1. The minimum absolute atomic E-state index is 0.0800. The van der Waals surface area contributed by atoms with Crippen molar-refractivity contribution in [2.75, 3.05) is 6.61 Å². The van der Waals surface area contributed by atoms with Crippen molar-refractivity contribution in [2.24, 2.45) is 0 Å². The molecule has 2 unspecified atom stereocenters. The van der Waals surface area contributed by atoms with Crippen molar-refractivity contribution in [1.29, 1.82) is 0 Å². The number of hydrogen-bond donors (Lipinski definition) is 4. The topological polar surface area (TPSA) is 90.8 Å². The third kappa shape index (κ3) is 3.23. The number of carbonyl (C=O) groups excluding carboxylic acids is 1. The second kappa shape index (κ2) is 4.83. The van der Waals surface area contributed by atoms with Crippen molar-refractivity contribution < 1.29 is 19.7 Å². The molecule has 2 atom stereocenters. The summed E-state index contributed by atoms with van der Waals surface area (Å²) in [6.45, 7) is 2.04. The number of carbonyl (C=O) groups is 1. The van der Waals surface area contributed by atoms with Gasteiger partial charge in [0, 0.05) is 6.04 Å². The summed E-state index contributed by atoms with van der Waals surface area (Å²) in [4.78, 5) is 11.0. The Balaban J connectivity index is 2.44. The normalized spacial score (nSPS) is 26.3. The van der Waals surface area contributed by atoms with Crippen molar-refractivity contribution >= 4 is 5.97 Å². The van der Waals surface area contributed by atoms with Crippen LogP contribution in [0.4, 0.5) is 0 Å². The van der Waals surface area contributed by atoms with E-state index in [-0.39, 0.29) is 18.3 Å². The zero-order valence-corrected chi connectivity index (χ0v) is 7.86. The van der Waals surface area contributed by atoms with E-state index < -0.39 is 12.4 Å². The fraction of sp³-hybridized carbons (Fsp3) is 0.625. The Morgan fingerprint density at radius 1 is 1.71 bits per heavy atom. The lowest BCUT2D eigenvalue weighted by Gasteiger charge is -2.25. The molecule has 0 saturated carbocycles. The van der Waals surface area contributed by atoms with Crippen LogP contribution < -0.4 is 10.6 Å². The highest BCUT2D eigenvalue weighted by molar-refractivity contribution is 5.70. The third-order valence-corrected chi connectivity index (χ3v) is 1.71. The number of aliphatic hydroxyl groups excluding tert-OH is 2. The highest BCUT2D eigenvalue weighted by atomic mass is 16.5. The molecule has 80 valence electrons. The van der Waals surface area contributed by atoms with E-state index in [9.17, 15) is 4.79 Å². The number of aliphatic hydroxyl groups is 2. The van der Waals surface area contributed by atoms with E-state index in [4.69, 9.17) is 14.9 Å². The molecular formula is C8H14N2O4. The summed E-state index contributed by atoms with van der Waals surface area (Å²) in [6.07, 6.45) is 0.444. The lowest BCUT2D eigenvalue weighted by molar-refractivity contribution is -0.143. The Bertz CT molecular complexity index is 241. The van der Waals surface area contributed by atoms with Gasteiger partial charge < -0.3 is 20.3 Å². The number of nitrogens with one attached hydrogen (secondary N) is 2. The molecule has 1 aliphatic rings. The van der Waals surface area contributed by atoms with E-state index in [1.807, 2.05) is 0 Å². The Morgan fingerprint density at radius 2 is 2.43 bits per heavy atom. The molecule has 4 N–H and O–H groups in total. The van der Waals surface area contributed by atoms with Crippen LogP contribution in [-0.2, 0) is 9.53 Å². The molecule has 6 nitrogen and oxygen atoms in total. The lowest BCUT2D eigenvalue weighted by atomic mass is 10.2. The molecule has 0 aliphatic carbocycles. The summed E-state index contributed by atoms with van der Waals surface area (Å²) in [6, 6.07) is -0.412. The zero-order valence-electron chi connectivity index (χ0n) is 7.86. The summed E-state index contributed by atoms with van der Waals surface area (Å²) < 4.78 is 4.72. The molecule has 6 heteroatoms. The Hall–Kier alpha value is -1.27. The van der Waals surface area contributed by atoms with Crippen LogP contribution >= 0.6 is 0 Å². The van der Waals surface area contributed by atoms with Gasteiger partial charge in [-0.25, -0.2) is 0 Å². The van der Waals surface area contributed by atoms with Gasteiger partial charge >= 0.3 is 5.97 Å². The number of esters is 1. The van der Waals surface area contributed by atoms with E-state index in [1.165, 1.54) is 6.08 Å². The van der Waals surface area contributed by atoms with Crippen molar-refractivity contribution in [3.05, 3.63) is 12.0 Å². The molecule has 0 aromatic rings. The van der Waals surface area contributed by atoms with Gasteiger partial charge in [0.1, 0.15) is 0 Å². The molecule has 0 aromatic heterocycles. The van der Waals surface area contributed by atoms with Crippen LogP contribution in [0.3, 0.4) is 0 Å². The number of hydrogen-bond acceptors (Lipinski definition) is 6. The molecule has 1 rings (SSSR count). The molecule has 0 bridgehead atoms. The first-order valence-corrected chi connectivity index (χ1v) is 4.39. The second-order valence-electron chi connectivity index (χ2n) is 2.88. The lowest BCUT2D eigenvalue weighted by Crippen LogP contribution is -2.51.